The fourth-order valence-electron chi connectivity index (χ4n) is 2.13. The highest BCUT2D eigenvalue weighted by Gasteiger charge is 2.25. The van der Waals surface area contributed by atoms with E-state index in [4.69, 9.17) is 10.5 Å². The summed E-state index contributed by atoms with van der Waals surface area (Å²) in [4.78, 5) is 11.9. The van der Waals surface area contributed by atoms with Gasteiger partial charge in [-0.1, -0.05) is 13.8 Å². The van der Waals surface area contributed by atoms with Crippen LogP contribution in [-0.4, -0.2) is 24.6 Å². The Hall–Kier alpha value is -1.40. The lowest BCUT2D eigenvalue weighted by molar-refractivity contribution is -0.123. The van der Waals surface area contributed by atoms with Crippen molar-refractivity contribution in [2.24, 2.45) is 5.73 Å². The average Bonchev–Trinajstić information content (AvgIpc) is 2.51. The highest BCUT2D eigenvalue weighted by molar-refractivity contribution is 5.85. The van der Waals surface area contributed by atoms with Gasteiger partial charge in [-0.15, -0.1) is 12.4 Å². The average molecular weight is 351 g/mol. The van der Waals surface area contributed by atoms with E-state index >= 15 is 0 Å². The standard InChI is InChI=1S/C16H24F2N2O2.ClH/c1-3-16(4-2,11-19)20-15(21)6-5-9-22-14-8-7-12(17)10-13(14)18;/h7-8,10H,3-6,9,11,19H2,1-2H3,(H,20,21);1H. The van der Waals surface area contributed by atoms with Crippen LogP contribution < -0.4 is 15.8 Å². The normalized spacial score (nSPS) is 10.8. The van der Waals surface area contributed by atoms with E-state index in [1.54, 1.807) is 0 Å². The Labute approximate surface area is 142 Å². The summed E-state index contributed by atoms with van der Waals surface area (Å²) >= 11 is 0. The number of ether oxygens (including phenoxy) is 1. The number of carbonyl (C=O) groups is 1. The number of amides is 1. The molecule has 23 heavy (non-hydrogen) atoms. The zero-order chi connectivity index (χ0) is 16.6. The highest BCUT2D eigenvalue weighted by atomic mass is 35.5. The van der Waals surface area contributed by atoms with Crippen LogP contribution in [0.15, 0.2) is 18.2 Å². The summed E-state index contributed by atoms with van der Waals surface area (Å²) in [6, 6.07) is 3.13. The molecule has 1 rings (SSSR count). The van der Waals surface area contributed by atoms with Crippen LogP contribution in [0.1, 0.15) is 39.5 Å². The molecule has 0 aliphatic heterocycles. The predicted molar refractivity (Wildman–Crippen MR) is 88.8 cm³/mol. The molecule has 0 bridgehead atoms. The van der Waals surface area contributed by atoms with Crippen molar-refractivity contribution in [2.45, 2.75) is 45.1 Å². The van der Waals surface area contributed by atoms with Crippen LogP contribution in [-0.2, 0) is 4.79 Å². The largest absolute Gasteiger partial charge is 0.491 e. The Morgan fingerprint density at radius 3 is 2.48 bits per heavy atom. The summed E-state index contributed by atoms with van der Waals surface area (Å²) < 4.78 is 31.3. The first-order valence-corrected chi connectivity index (χ1v) is 7.55. The fraction of sp³-hybridized carbons (Fsp3) is 0.562. The Kier molecular flexibility index (Phi) is 9.76. The molecule has 132 valence electrons. The molecule has 0 spiro atoms. The zero-order valence-corrected chi connectivity index (χ0v) is 14.3. The van der Waals surface area contributed by atoms with Crippen LogP contribution in [0.2, 0.25) is 0 Å². The second-order valence-electron chi connectivity index (χ2n) is 5.27. The Morgan fingerprint density at radius 1 is 1.30 bits per heavy atom. The monoisotopic (exact) mass is 350 g/mol. The van der Waals surface area contributed by atoms with Gasteiger partial charge in [0.15, 0.2) is 11.6 Å². The predicted octanol–water partition coefficient (Wildman–Crippen LogP) is 3.18. The molecule has 1 aromatic rings. The van der Waals surface area contributed by atoms with Gasteiger partial charge < -0.3 is 15.8 Å². The number of halogens is 3. The minimum atomic E-state index is -0.747. The molecule has 0 atom stereocenters. The van der Waals surface area contributed by atoms with Crippen LogP contribution in [0.5, 0.6) is 5.75 Å². The second kappa shape index (κ2) is 10.4. The van der Waals surface area contributed by atoms with Gasteiger partial charge in [-0.3, -0.25) is 4.79 Å². The van der Waals surface area contributed by atoms with Crippen molar-refractivity contribution in [3.05, 3.63) is 29.8 Å². The molecular formula is C16H25ClF2N2O2. The molecule has 4 nitrogen and oxygen atoms in total. The van der Waals surface area contributed by atoms with Crippen LogP contribution in [0.4, 0.5) is 8.78 Å². The summed E-state index contributed by atoms with van der Waals surface area (Å²) in [5.41, 5.74) is 5.36. The molecule has 1 amide bonds. The molecule has 0 aromatic heterocycles. The van der Waals surface area contributed by atoms with Crippen LogP contribution >= 0.6 is 12.4 Å². The van der Waals surface area contributed by atoms with Gasteiger partial charge in [-0.25, -0.2) is 8.78 Å². The molecule has 0 unspecified atom stereocenters. The van der Waals surface area contributed by atoms with Crippen LogP contribution in [0, 0.1) is 11.6 Å². The van der Waals surface area contributed by atoms with E-state index in [1.807, 2.05) is 13.8 Å². The van der Waals surface area contributed by atoms with Crippen molar-refractivity contribution in [1.29, 1.82) is 0 Å². The fourth-order valence-corrected chi connectivity index (χ4v) is 2.13. The molecule has 1 aromatic carbocycles. The number of hydrogen-bond donors (Lipinski definition) is 2. The lowest BCUT2D eigenvalue weighted by Crippen LogP contribution is -2.52. The number of nitrogens with two attached hydrogens (primary N) is 1. The number of rotatable bonds is 9. The van der Waals surface area contributed by atoms with Crippen molar-refractivity contribution in [2.75, 3.05) is 13.2 Å². The summed E-state index contributed by atoms with van der Waals surface area (Å²) in [6.07, 6.45) is 2.24. The first kappa shape index (κ1) is 21.6. The third-order valence-corrected chi connectivity index (χ3v) is 3.85. The summed E-state index contributed by atoms with van der Waals surface area (Å²) in [7, 11) is 0. The Balaban J connectivity index is 0.00000484. The van der Waals surface area contributed by atoms with E-state index < -0.39 is 11.6 Å². The molecule has 0 saturated heterocycles. The summed E-state index contributed by atoms with van der Waals surface area (Å²) in [6.45, 7) is 4.54. The van der Waals surface area contributed by atoms with Gasteiger partial charge in [-0.2, -0.15) is 0 Å². The van der Waals surface area contributed by atoms with Gasteiger partial charge in [0.2, 0.25) is 5.91 Å². The summed E-state index contributed by atoms with van der Waals surface area (Å²) in [5.74, 6) is -1.51. The molecule has 3 N–H and O–H groups in total. The third kappa shape index (κ3) is 6.71. The summed E-state index contributed by atoms with van der Waals surface area (Å²) in [5, 5.41) is 2.95. The second-order valence-corrected chi connectivity index (χ2v) is 5.27. The quantitative estimate of drug-likeness (QED) is 0.672. The molecule has 0 aliphatic rings. The van der Waals surface area contributed by atoms with E-state index in [2.05, 4.69) is 5.32 Å². The molecule has 0 fully saturated rings. The van der Waals surface area contributed by atoms with Crippen molar-refractivity contribution < 1.29 is 18.3 Å². The van der Waals surface area contributed by atoms with Crippen molar-refractivity contribution in [1.82, 2.24) is 5.32 Å². The van der Waals surface area contributed by atoms with Gasteiger partial charge in [0, 0.05) is 19.0 Å². The third-order valence-electron chi connectivity index (χ3n) is 3.85. The van der Waals surface area contributed by atoms with E-state index in [1.165, 1.54) is 6.07 Å². The molecule has 0 aliphatic carbocycles. The van der Waals surface area contributed by atoms with Gasteiger partial charge in [0.05, 0.1) is 12.1 Å². The maximum Gasteiger partial charge on any atom is 0.220 e. The van der Waals surface area contributed by atoms with Gasteiger partial charge in [0.25, 0.3) is 0 Å². The first-order chi connectivity index (χ1) is 10.5. The molecule has 0 radical (unpaired) electrons. The topological polar surface area (TPSA) is 64.3 Å². The van der Waals surface area contributed by atoms with Crippen molar-refractivity contribution in [3.8, 4) is 5.75 Å². The van der Waals surface area contributed by atoms with Crippen molar-refractivity contribution >= 4 is 18.3 Å². The molecule has 0 saturated carbocycles. The minimum Gasteiger partial charge on any atom is -0.491 e. The van der Waals surface area contributed by atoms with E-state index in [-0.39, 0.29) is 42.6 Å². The van der Waals surface area contributed by atoms with E-state index in [0.29, 0.717) is 13.0 Å². The van der Waals surface area contributed by atoms with Crippen molar-refractivity contribution in [3.63, 3.8) is 0 Å². The molecule has 0 heterocycles. The zero-order valence-electron chi connectivity index (χ0n) is 13.5. The van der Waals surface area contributed by atoms with Gasteiger partial charge >= 0.3 is 0 Å². The van der Waals surface area contributed by atoms with Gasteiger partial charge in [-0.05, 0) is 31.4 Å². The first-order valence-electron chi connectivity index (χ1n) is 7.55. The lowest BCUT2D eigenvalue weighted by atomic mass is 9.92. The van der Waals surface area contributed by atoms with Gasteiger partial charge in [0.1, 0.15) is 5.82 Å². The molecule has 7 heteroatoms. The number of carbonyl (C=O) groups excluding carboxylic acids is 1. The number of nitrogens with one attached hydrogen (secondary N) is 1. The Bertz CT molecular complexity index is 489. The van der Waals surface area contributed by atoms with Crippen LogP contribution in [0.25, 0.3) is 0 Å². The number of benzene rings is 1. The maximum atomic E-state index is 13.3. The SMILES string of the molecule is CCC(CC)(CN)NC(=O)CCCOc1ccc(F)cc1F.Cl. The number of hydrogen-bond acceptors (Lipinski definition) is 3. The smallest absolute Gasteiger partial charge is 0.220 e. The van der Waals surface area contributed by atoms with Crippen LogP contribution in [0.3, 0.4) is 0 Å². The lowest BCUT2D eigenvalue weighted by Gasteiger charge is -2.31. The highest BCUT2D eigenvalue weighted by Crippen LogP contribution is 2.18. The minimum absolute atomic E-state index is 0. The van der Waals surface area contributed by atoms with E-state index in [9.17, 15) is 13.6 Å². The maximum absolute atomic E-state index is 13.3. The van der Waals surface area contributed by atoms with E-state index in [0.717, 1.165) is 25.0 Å². The molecular weight excluding hydrogens is 326 g/mol. The Morgan fingerprint density at radius 2 is 1.96 bits per heavy atom.